The molecule has 9 heteroatoms. The number of carbonyl (C=O) groups excluding carboxylic acids is 1. The van der Waals surface area contributed by atoms with Crippen molar-refractivity contribution in [2.24, 2.45) is 0 Å². The van der Waals surface area contributed by atoms with Gasteiger partial charge in [-0.25, -0.2) is 8.42 Å². The maximum absolute atomic E-state index is 13.0. The Balaban J connectivity index is 1.53. The highest BCUT2D eigenvalue weighted by Gasteiger charge is 2.20. The lowest BCUT2D eigenvalue weighted by molar-refractivity contribution is -0.115. The quantitative estimate of drug-likeness (QED) is 0.366. The van der Waals surface area contributed by atoms with Crippen molar-refractivity contribution in [2.45, 2.75) is 18.2 Å². The van der Waals surface area contributed by atoms with Crippen molar-refractivity contribution >= 4 is 49.9 Å². The number of rotatable bonds is 7. The molecule has 1 heterocycles. The molecule has 0 fully saturated rings. The molecule has 0 saturated carbocycles. The summed E-state index contributed by atoms with van der Waals surface area (Å²) in [5.41, 5.74) is 2.50. The number of amides is 1. The second-order valence-electron chi connectivity index (χ2n) is 7.41. The average molecular weight is 485 g/mol. The molecule has 3 aromatic carbocycles. The number of hydrogen-bond acceptors (Lipinski definition) is 5. The number of methoxy groups -OCH3 is 1. The van der Waals surface area contributed by atoms with Crippen LogP contribution in [-0.4, -0.2) is 21.4 Å². The number of ether oxygens (including phenoxy) is 1. The largest absolute Gasteiger partial charge is 0.497 e. The van der Waals surface area contributed by atoms with Crippen molar-refractivity contribution in [1.82, 2.24) is 0 Å². The number of hydrogen-bond donors (Lipinski definition) is 2. The summed E-state index contributed by atoms with van der Waals surface area (Å²) < 4.78 is 39.1. The van der Waals surface area contributed by atoms with E-state index in [4.69, 9.17) is 20.8 Å². The van der Waals surface area contributed by atoms with E-state index < -0.39 is 10.0 Å². The number of furan rings is 1. The summed E-state index contributed by atoms with van der Waals surface area (Å²) in [6, 6.07) is 16.6. The minimum absolute atomic E-state index is 0.0427. The van der Waals surface area contributed by atoms with Crippen LogP contribution in [0.2, 0.25) is 5.02 Å². The Labute approximate surface area is 196 Å². The van der Waals surface area contributed by atoms with Crippen molar-refractivity contribution in [3.05, 3.63) is 83.1 Å². The Bertz CT molecular complexity index is 1450. The fourth-order valence-corrected chi connectivity index (χ4v) is 5.01. The van der Waals surface area contributed by atoms with Gasteiger partial charge in [-0.05, 0) is 48.9 Å². The number of carbonyl (C=O) groups is 1. The van der Waals surface area contributed by atoms with Gasteiger partial charge in [-0.1, -0.05) is 29.8 Å². The van der Waals surface area contributed by atoms with Crippen LogP contribution in [-0.2, 0) is 21.2 Å². The van der Waals surface area contributed by atoms with Crippen LogP contribution in [0.1, 0.15) is 11.1 Å². The molecule has 0 atom stereocenters. The van der Waals surface area contributed by atoms with E-state index >= 15 is 0 Å². The lowest BCUT2D eigenvalue weighted by atomic mass is 10.1. The van der Waals surface area contributed by atoms with Gasteiger partial charge < -0.3 is 14.5 Å². The number of benzene rings is 3. The van der Waals surface area contributed by atoms with Gasteiger partial charge in [-0.15, -0.1) is 0 Å². The lowest BCUT2D eigenvalue weighted by Gasteiger charge is -2.13. The van der Waals surface area contributed by atoms with Gasteiger partial charge in [-0.3, -0.25) is 9.52 Å². The maximum Gasteiger partial charge on any atom is 0.262 e. The molecule has 33 heavy (non-hydrogen) atoms. The standard InChI is InChI=1S/C24H21ClN2O5S/c1-15-7-8-17(12-23(15)33(29,30)27-21-6-4-3-5-20(21)25)26-24(28)11-16-14-32-22-13-18(31-2)9-10-19(16)22/h3-10,12-14,27H,11H2,1-2H3,(H,26,28). The maximum atomic E-state index is 13.0. The van der Waals surface area contributed by atoms with E-state index in [2.05, 4.69) is 10.0 Å². The molecule has 0 radical (unpaired) electrons. The van der Waals surface area contributed by atoms with Gasteiger partial charge in [0.2, 0.25) is 5.91 Å². The van der Waals surface area contributed by atoms with E-state index in [0.29, 0.717) is 28.1 Å². The van der Waals surface area contributed by atoms with Crippen molar-refractivity contribution in [3.8, 4) is 5.75 Å². The molecule has 1 amide bonds. The van der Waals surface area contributed by atoms with Gasteiger partial charge in [0, 0.05) is 22.7 Å². The first-order valence-corrected chi connectivity index (χ1v) is 11.8. The van der Waals surface area contributed by atoms with E-state index in [1.165, 1.54) is 12.3 Å². The van der Waals surface area contributed by atoms with Crippen LogP contribution in [0.25, 0.3) is 11.0 Å². The first kappa shape index (κ1) is 22.7. The summed E-state index contributed by atoms with van der Waals surface area (Å²) in [4.78, 5) is 12.7. The van der Waals surface area contributed by atoms with Crippen molar-refractivity contribution in [1.29, 1.82) is 0 Å². The highest BCUT2D eigenvalue weighted by atomic mass is 35.5. The molecule has 7 nitrogen and oxygen atoms in total. The molecule has 2 N–H and O–H groups in total. The van der Waals surface area contributed by atoms with Crippen molar-refractivity contribution < 1.29 is 22.4 Å². The Kier molecular flexibility index (Phi) is 6.31. The van der Waals surface area contributed by atoms with Crippen molar-refractivity contribution in [3.63, 3.8) is 0 Å². The molecule has 4 aromatic rings. The molecule has 0 unspecified atom stereocenters. The molecular weight excluding hydrogens is 464 g/mol. The van der Waals surface area contributed by atoms with Gasteiger partial charge in [0.05, 0.1) is 35.4 Å². The van der Waals surface area contributed by atoms with E-state index in [-0.39, 0.29) is 27.9 Å². The highest BCUT2D eigenvalue weighted by Crippen LogP contribution is 2.28. The van der Waals surface area contributed by atoms with Gasteiger partial charge >= 0.3 is 0 Å². The lowest BCUT2D eigenvalue weighted by Crippen LogP contribution is -2.17. The predicted octanol–water partition coefficient (Wildman–Crippen LogP) is 5.39. The zero-order valence-corrected chi connectivity index (χ0v) is 19.5. The molecule has 0 spiro atoms. The van der Waals surface area contributed by atoms with Crippen LogP contribution in [0.4, 0.5) is 11.4 Å². The Morgan fingerprint density at radius 1 is 1.09 bits per heavy atom. The molecular formula is C24H21ClN2O5S. The van der Waals surface area contributed by atoms with E-state index in [0.717, 1.165) is 5.39 Å². The number of aryl methyl sites for hydroxylation is 1. The molecule has 0 saturated heterocycles. The van der Waals surface area contributed by atoms with Crippen LogP contribution in [0.15, 0.2) is 76.2 Å². The van der Waals surface area contributed by atoms with E-state index in [1.54, 1.807) is 62.6 Å². The first-order valence-electron chi connectivity index (χ1n) is 9.99. The van der Waals surface area contributed by atoms with E-state index in [9.17, 15) is 13.2 Å². The molecule has 0 aliphatic rings. The Morgan fingerprint density at radius 2 is 1.88 bits per heavy atom. The summed E-state index contributed by atoms with van der Waals surface area (Å²) in [6.07, 6.45) is 1.59. The normalized spacial score (nSPS) is 11.4. The average Bonchev–Trinajstić information content (AvgIpc) is 3.18. The predicted molar refractivity (Wildman–Crippen MR) is 129 cm³/mol. The Hall–Kier alpha value is -3.49. The molecule has 1 aromatic heterocycles. The third kappa shape index (κ3) is 4.97. The summed E-state index contributed by atoms with van der Waals surface area (Å²) in [6.45, 7) is 1.68. The fraction of sp³-hybridized carbons (Fsp3) is 0.125. The molecule has 4 rings (SSSR count). The van der Waals surface area contributed by atoms with Crippen LogP contribution in [0.3, 0.4) is 0 Å². The van der Waals surface area contributed by atoms with Crippen LogP contribution in [0.5, 0.6) is 5.75 Å². The Morgan fingerprint density at radius 3 is 2.64 bits per heavy atom. The number of nitrogens with one attached hydrogen (secondary N) is 2. The number of para-hydroxylation sites is 1. The minimum Gasteiger partial charge on any atom is -0.497 e. The summed E-state index contributed by atoms with van der Waals surface area (Å²) in [5, 5.41) is 3.85. The smallest absolute Gasteiger partial charge is 0.262 e. The van der Waals surface area contributed by atoms with Crippen LogP contribution < -0.4 is 14.8 Å². The SMILES string of the molecule is COc1ccc2c(CC(=O)Nc3ccc(C)c(S(=O)(=O)Nc4ccccc4Cl)c3)coc2c1. The van der Waals surface area contributed by atoms with Gasteiger partial charge in [0.25, 0.3) is 10.0 Å². The first-order chi connectivity index (χ1) is 15.8. The number of anilines is 2. The molecule has 0 aliphatic heterocycles. The van der Waals surface area contributed by atoms with Gasteiger partial charge in [-0.2, -0.15) is 0 Å². The van der Waals surface area contributed by atoms with Gasteiger partial charge in [0.1, 0.15) is 11.3 Å². The zero-order valence-electron chi connectivity index (χ0n) is 17.9. The number of sulfonamides is 1. The minimum atomic E-state index is -3.92. The number of fused-ring (bicyclic) bond motifs is 1. The molecule has 0 bridgehead atoms. The topological polar surface area (TPSA) is 97.6 Å². The van der Waals surface area contributed by atoms with Crippen LogP contribution in [0, 0.1) is 6.92 Å². The zero-order chi connectivity index (χ0) is 23.6. The second-order valence-corrected chi connectivity index (χ2v) is 9.47. The van der Waals surface area contributed by atoms with Crippen LogP contribution >= 0.6 is 11.6 Å². The second kappa shape index (κ2) is 9.17. The molecule has 170 valence electrons. The van der Waals surface area contributed by atoms with Gasteiger partial charge in [0.15, 0.2) is 0 Å². The summed E-state index contributed by atoms with van der Waals surface area (Å²) >= 11 is 6.09. The fourth-order valence-electron chi connectivity index (χ4n) is 3.42. The van der Waals surface area contributed by atoms with E-state index in [1.807, 2.05) is 6.07 Å². The highest BCUT2D eigenvalue weighted by molar-refractivity contribution is 7.92. The third-order valence-corrected chi connectivity index (χ3v) is 6.93. The third-order valence-electron chi connectivity index (χ3n) is 5.09. The van der Waals surface area contributed by atoms with Crippen molar-refractivity contribution in [2.75, 3.05) is 17.1 Å². The number of halogens is 1. The monoisotopic (exact) mass is 484 g/mol. The summed E-state index contributed by atoms with van der Waals surface area (Å²) in [5.74, 6) is 0.353. The molecule has 0 aliphatic carbocycles. The summed E-state index contributed by atoms with van der Waals surface area (Å²) in [7, 11) is -2.35.